The van der Waals surface area contributed by atoms with Gasteiger partial charge in [-0.15, -0.1) is 0 Å². The number of rotatable bonds is 4. The van der Waals surface area contributed by atoms with E-state index in [1.807, 2.05) is 18.2 Å². The lowest BCUT2D eigenvalue weighted by atomic mass is 10.1. The summed E-state index contributed by atoms with van der Waals surface area (Å²) in [5, 5.41) is 0. The van der Waals surface area contributed by atoms with Gasteiger partial charge in [0, 0.05) is 19.3 Å². The first-order valence-corrected chi connectivity index (χ1v) is 8.81. The Labute approximate surface area is 139 Å². The number of hydrogen-bond donors (Lipinski definition) is 0. The second kappa shape index (κ2) is 6.84. The summed E-state index contributed by atoms with van der Waals surface area (Å²) < 4.78 is 50.8. The van der Waals surface area contributed by atoms with E-state index in [2.05, 4.69) is 4.98 Å². The van der Waals surface area contributed by atoms with Gasteiger partial charge in [0.15, 0.2) is 0 Å². The molecule has 1 fully saturated rings. The average molecular weight is 352 g/mol. The van der Waals surface area contributed by atoms with Crippen molar-refractivity contribution in [3.8, 4) is 5.75 Å². The first-order chi connectivity index (χ1) is 11.5. The first kappa shape index (κ1) is 16.8. The van der Waals surface area contributed by atoms with E-state index in [1.54, 1.807) is 13.2 Å². The van der Waals surface area contributed by atoms with Crippen LogP contribution < -0.4 is 4.74 Å². The van der Waals surface area contributed by atoms with Gasteiger partial charge in [-0.05, 0) is 23.8 Å². The molecule has 8 heteroatoms. The smallest absolute Gasteiger partial charge is 0.244 e. The van der Waals surface area contributed by atoms with Gasteiger partial charge in [0.2, 0.25) is 10.0 Å². The molecule has 3 rings (SSSR count). The fourth-order valence-corrected chi connectivity index (χ4v) is 3.97. The number of hydrogen-bond acceptors (Lipinski definition) is 5. The predicted molar refractivity (Wildman–Crippen MR) is 84.6 cm³/mol. The van der Waals surface area contributed by atoms with Crippen LogP contribution in [0.5, 0.6) is 5.75 Å². The standard InChI is InChI=1S/C16H17FN2O4S/c1-22-14-4-2-3-12(7-14)16-11-19(5-6-23-16)24(20,21)15-8-13(17)9-18-10-15/h2-4,7-10,16H,5-6,11H2,1H3. The molecule has 1 saturated heterocycles. The molecule has 1 unspecified atom stereocenters. The maximum absolute atomic E-state index is 13.3. The van der Waals surface area contributed by atoms with Gasteiger partial charge in [-0.1, -0.05) is 12.1 Å². The SMILES string of the molecule is COc1cccc(C2CN(S(=O)(=O)c3cncc(F)c3)CCO2)c1. The van der Waals surface area contributed by atoms with Crippen molar-refractivity contribution in [3.63, 3.8) is 0 Å². The molecular weight excluding hydrogens is 335 g/mol. The molecule has 1 aliphatic rings. The summed E-state index contributed by atoms with van der Waals surface area (Å²) in [4.78, 5) is 3.46. The summed E-state index contributed by atoms with van der Waals surface area (Å²) in [6.45, 7) is 0.606. The Morgan fingerprint density at radius 3 is 2.92 bits per heavy atom. The molecule has 0 saturated carbocycles. The van der Waals surface area contributed by atoms with E-state index >= 15 is 0 Å². The molecule has 1 aromatic heterocycles. The third kappa shape index (κ3) is 3.40. The minimum Gasteiger partial charge on any atom is -0.497 e. The van der Waals surface area contributed by atoms with Crippen LogP contribution in [-0.4, -0.2) is 44.5 Å². The Morgan fingerprint density at radius 2 is 2.17 bits per heavy atom. The summed E-state index contributed by atoms with van der Waals surface area (Å²) in [5.74, 6) is -0.0147. The number of ether oxygens (including phenoxy) is 2. The Morgan fingerprint density at radius 1 is 1.33 bits per heavy atom. The van der Waals surface area contributed by atoms with Crippen LogP contribution in [0.3, 0.4) is 0 Å². The van der Waals surface area contributed by atoms with Gasteiger partial charge in [0.1, 0.15) is 16.5 Å². The first-order valence-electron chi connectivity index (χ1n) is 7.37. The molecule has 0 aliphatic carbocycles. The van der Waals surface area contributed by atoms with Crippen LogP contribution >= 0.6 is 0 Å². The minimum absolute atomic E-state index is 0.145. The Kier molecular flexibility index (Phi) is 4.79. The summed E-state index contributed by atoms with van der Waals surface area (Å²) in [6, 6.07) is 8.26. The van der Waals surface area contributed by atoms with E-state index in [1.165, 1.54) is 4.31 Å². The number of methoxy groups -OCH3 is 1. The molecule has 2 heterocycles. The van der Waals surface area contributed by atoms with Gasteiger partial charge < -0.3 is 9.47 Å². The normalized spacial score (nSPS) is 19.2. The molecule has 0 spiro atoms. The number of benzene rings is 1. The van der Waals surface area contributed by atoms with Crippen molar-refractivity contribution < 1.29 is 22.3 Å². The van der Waals surface area contributed by atoms with E-state index in [0.717, 1.165) is 24.0 Å². The van der Waals surface area contributed by atoms with Crippen molar-refractivity contribution in [1.82, 2.24) is 9.29 Å². The summed E-state index contributed by atoms with van der Waals surface area (Å²) in [7, 11) is -2.26. The third-order valence-electron chi connectivity index (χ3n) is 3.81. The van der Waals surface area contributed by atoms with Crippen molar-refractivity contribution in [1.29, 1.82) is 0 Å². The number of nitrogens with zero attached hydrogens (tertiary/aromatic N) is 2. The number of halogens is 1. The Hall–Kier alpha value is -2.03. The largest absolute Gasteiger partial charge is 0.497 e. The van der Waals surface area contributed by atoms with E-state index < -0.39 is 21.9 Å². The maximum atomic E-state index is 13.3. The quantitative estimate of drug-likeness (QED) is 0.842. The highest BCUT2D eigenvalue weighted by Crippen LogP contribution is 2.28. The molecule has 0 bridgehead atoms. The van der Waals surface area contributed by atoms with E-state index in [9.17, 15) is 12.8 Å². The van der Waals surface area contributed by atoms with Crippen LogP contribution in [0, 0.1) is 5.82 Å². The molecule has 6 nitrogen and oxygen atoms in total. The molecule has 128 valence electrons. The molecular formula is C16H17FN2O4S. The maximum Gasteiger partial charge on any atom is 0.244 e. The lowest BCUT2D eigenvalue weighted by Gasteiger charge is -2.32. The molecule has 0 N–H and O–H groups in total. The second-order valence-electron chi connectivity index (χ2n) is 5.34. The highest BCUT2D eigenvalue weighted by Gasteiger charge is 2.32. The molecule has 2 aromatic rings. The van der Waals surface area contributed by atoms with Gasteiger partial charge in [0.25, 0.3) is 0 Å². The Bertz CT molecular complexity index is 828. The second-order valence-corrected chi connectivity index (χ2v) is 7.28. The average Bonchev–Trinajstić information content (AvgIpc) is 2.62. The van der Waals surface area contributed by atoms with Crippen LogP contribution in [0.1, 0.15) is 11.7 Å². The van der Waals surface area contributed by atoms with Crippen LogP contribution in [0.4, 0.5) is 4.39 Å². The van der Waals surface area contributed by atoms with Gasteiger partial charge in [-0.25, -0.2) is 12.8 Å². The van der Waals surface area contributed by atoms with Gasteiger partial charge in [0.05, 0.1) is 26.0 Å². The molecule has 0 radical (unpaired) electrons. The van der Waals surface area contributed by atoms with Crippen LogP contribution in [0.15, 0.2) is 47.6 Å². The lowest BCUT2D eigenvalue weighted by molar-refractivity contribution is -0.00265. The Balaban J connectivity index is 1.85. The molecule has 1 aliphatic heterocycles. The molecule has 1 aromatic carbocycles. The van der Waals surface area contributed by atoms with Gasteiger partial charge >= 0.3 is 0 Å². The van der Waals surface area contributed by atoms with Crippen molar-refractivity contribution >= 4 is 10.0 Å². The highest BCUT2D eigenvalue weighted by atomic mass is 32.2. The van der Waals surface area contributed by atoms with Gasteiger partial charge in [-0.2, -0.15) is 4.31 Å². The van der Waals surface area contributed by atoms with Crippen molar-refractivity contribution in [2.45, 2.75) is 11.0 Å². The van der Waals surface area contributed by atoms with Crippen LogP contribution in [0.25, 0.3) is 0 Å². The molecule has 1 atom stereocenters. The van der Waals surface area contributed by atoms with E-state index in [-0.39, 0.29) is 24.6 Å². The summed E-state index contributed by atoms with van der Waals surface area (Å²) in [5.41, 5.74) is 0.826. The van der Waals surface area contributed by atoms with Crippen LogP contribution in [-0.2, 0) is 14.8 Å². The number of pyridine rings is 1. The summed E-state index contributed by atoms with van der Waals surface area (Å²) >= 11 is 0. The lowest BCUT2D eigenvalue weighted by Crippen LogP contribution is -2.42. The molecule has 0 amide bonds. The summed E-state index contributed by atoms with van der Waals surface area (Å²) in [6.07, 6.45) is 1.70. The topological polar surface area (TPSA) is 68.7 Å². The monoisotopic (exact) mass is 352 g/mol. The zero-order valence-corrected chi connectivity index (χ0v) is 13.9. The highest BCUT2D eigenvalue weighted by molar-refractivity contribution is 7.89. The zero-order chi connectivity index (χ0) is 17.2. The zero-order valence-electron chi connectivity index (χ0n) is 13.1. The fraction of sp³-hybridized carbons (Fsp3) is 0.312. The van der Waals surface area contributed by atoms with Crippen molar-refractivity contribution in [3.05, 3.63) is 54.1 Å². The van der Waals surface area contributed by atoms with E-state index in [4.69, 9.17) is 9.47 Å². The van der Waals surface area contributed by atoms with Crippen LogP contribution in [0.2, 0.25) is 0 Å². The fourth-order valence-electron chi connectivity index (χ4n) is 2.57. The molecule has 24 heavy (non-hydrogen) atoms. The van der Waals surface area contributed by atoms with Crippen molar-refractivity contribution in [2.24, 2.45) is 0 Å². The van der Waals surface area contributed by atoms with E-state index in [0.29, 0.717) is 5.75 Å². The third-order valence-corrected chi connectivity index (χ3v) is 5.64. The number of aromatic nitrogens is 1. The van der Waals surface area contributed by atoms with Gasteiger partial charge in [-0.3, -0.25) is 4.98 Å². The van der Waals surface area contributed by atoms with Crippen molar-refractivity contribution in [2.75, 3.05) is 26.8 Å². The predicted octanol–water partition coefficient (Wildman–Crippen LogP) is 1.99. The number of sulfonamides is 1. The number of morpholine rings is 1. The minimum atomic E-state index is -3.82.